The summed E-state index contributed by atoms with van der Waals surface area (Å²) in [5, 5.41) is 11.0. The molecule has 3 rings (SSSR count). The van der Waals surface area contributed by atoms with Crippen LogP contribution in [0.15, 0.2) is 52.4 Å². The van der Waals surface area contributed by atoms with Crippen LogP contribution in [-0.2, 0) is 14.2 Å². The van der Waals surface area contributed by atoms with Crippen molar-refractivity contribution < 1.29 is 13.3 Å². The first kappa shape index (κ1) is 16.6. The number of rotatable bonds is 2. The number of para-hydroxylation sites is 1. The van der Waals surface area contributed by atoms with Crippen LogP contribution in [0, 0.1) is 10.1 Å². The summed E-state index contributed by atoms with van der Waals surface area (Å²) in [4.78, 5) is 14.3. The molecular formula is C15H12BrN3O4S. The van der Waals surface area contributed by atoms with Gasteiger partial charge in [-0.25, -0.2) is 13.4 Å². The molecule has 0 fully saturated rings. The Labute approximate surface area is 146 Å². The minimum atomic E-state index is -4.20. The van der Waals surface area contributed by atoms with E-state index in [1.54, 1.807) is 25.1 Å². The lowest BCUT2D eigenvalue weighted by atomic mass is 10.0. The Morgan fingerprint density at radius 1 is 1.21 bits per heavy atom. The van der Waals surface area contributed by atoms with E-state index in [-0.39, 0.29) is 5.04 Å². The molecule has 124 valence electrons. The first-order chi connectivity index (χ1) is 11.2. The molecule has 1 aliphatic rings. The summed E-state index contributed by atoms with van der Waals surface area (Å²) >= 11 is 3.39. The van der Waals surface area contributed by atoms with Gasteiger partial charge >= 0.3 is 0 Å². The zero-order valence-corrected chi connectivity index (χ0v) is 14.8. The van der Waals surface area contributed by atoms with Crippen molar-refractivity contribution in [3.8, 4) is 0 Å². The Morgan fingerprint density at radius 2 is 1.88 bits per heavy atom. The maximum Gasteiger partial charge on any atom is 0.288 e. The van der Waals surface area contributed by atoms with Gasteiger partial charge in [0.1, 0.15) is 4.32 Å². The van der Waals surface area contributed by atoms with Gasteiger partial charge in [-0.3, -0.25) is 10.1 Å². The zero-order valence-electron chi connectivity index (χ0n) is 12.4. The van der Waals surface area contributed by atoms with Gasteiger partial charge in [-0.2, -0.15) is 0 Å². The van der Waals surface area contributed by atoms with Crippen molar-refractivity contribution in [2.45, 2.75) is 16.1 Å². The van der Waals surface area contributed by atoms with Crippen LogP contribution in [0.4, 0.5) is 17.1 Å². The predicted molar refractivity (Wildman–Crippen MR) is 94.5 cm³/mol. The maximum absolute atomic E-state index is 13.0. The van der Waals surface area contributed by atoms with Gasteiger partial charge in [0.25, 0.3) is 5.69 Å². The number of alkyl halides is 1. The molecule has 1 atom stereocenters. The van der Waals surface area contributed by atoms with Crippen LogP contribution in [0.3, 0.4) is 0 Å². The molecule has 2 aromatic rings. The Bertz CT molecular complexity index is 1000. The standard InChI is InChI=1S/C15H12BrN3O4S/c1-15(16)13-9(17)5-4-6-10(13)18-14(15)24(22,23)12-8-3-2-7-11(12)19(20)21/h2-8H,17H2,1H3. The molecule has 9 heteroatoms. The Balaban J connectivity index is 2.24. The van der Waals surface area contributed by atoms with E-state index in [1.165, 1.54) is 18.2 Å². The van der Waals surface area contributed by atoms with Crippen LogP contribution in [0.1, 0.15) is 12.5 Å². The third-order valence-electron chi connectivity index (χ3n) is 3.77. The Morgan fingerprint density at radius 3 is 2.50 bits per heavy atom. The number of nitro benzene ring substituents is 1. The number of benzene rings is 2. The minimum absolute atomic E-state index is 0.225. The van der Waals surface area contributed by atoms with Gasteiger partial charge in [0.15, 0.2) is 9.94 Å². The zero-order chi connectivity index (χ0) is 17.7. The normalized spacial score (nSPS) is 19.7. The van der Waals surface area contributed by atoms with Gasteiger partial charge in [0.05, 0.1) is 10.6 Å². The fourth-order valence-electron chi connectivity index (χ4n) is 2.74. The number of halogens is 1. The molecule has 2 N–H and O–H groups in total. The van der Waals surface area contributed by atoms with Crippen LogP contribution in [0.25, 0.3) is 0 Å². The molecule has 0 radical (unpaired) electrons. The van der Waals surface area contributed by atoms with E-state index >= 15 is 0 Å². The molecule has 0 saturated carbocycles. The highest BCUT2D eigenvalue weighted by Gasteiger charge is 2.47. The predicted octanol–water partition coefficient (Wildman–Crippen LogP) is 3.30. The lowest BCUT2D eigenvalue weighted by Gasteiger charge is -2.21. The third kappa shape index (κ3) is 2.31. The number of nitro groups is 1. The summed E-state index contributed by atoms with van der Waals surface area (Å²) in [5.74, 6) is 0. The molecule has 2 aromatic carbocycles. The van der Waals surface area contributed by atoms with E-state index in [0.29, 0.717) is 16.9 Å². The van der Waals surface area contributed by atoms with E-state index < -0.39 is 29.7 Å². The Hall–Kier alpha value is -2.26. The second-order valence-corrected chi connectivity index (χ2v) is 8.81. The molecule has 24 heavy (non-hydrogen) atoms. The molecule has 0 amide bonds. The van der Waals surface area contributed by atoms with Crippen LogP contribution in [0.5, 0.6) is 0 Å². The summed E-state index contributed by atoms with van der Waals surface area (Å²) in [7, 11) is -4.20. The number of hydrogen-bond donors (Lipinski definition) is 1. The molecule has 1 heterocycles. The summed E-state index contributed by atoms with van der Waals surface area (Å²) in [6.45, 7) is 1.61. The summed E-state index contributed by atoms with van der Waals surface area (Å²) in [6, 6.07) is 10.2. The molecular weight excluding hydrogens is 398 g/mol. The van der Waals surface area contributed by atoms with E-state index in [0.717, 1.165) is 6.07 Å². The van der Waals surface area contributed by atoms with Crippen molar-refractivity contribution in [2.24, 2.45) is 4.99 Å². The first-order valence-corrected chi connectivity index (χ1v) is 9.10. The van der Waals surface area contributed by atoms with Gasteiger partial charge in [-0.05, 0) is 25.1 Å². The maximum atomic E-state index is 13.0. The number of nitrogens with two attached hydrogens (primary N) is 1. The lowest BCUT2D eigenvalue weighted by molar-refractivity contribution is -0.387. The SMILES string of the molecule is CC1(Br)C(S(=O)(=O)c2ccccc2[N+](=O)[O-])=Nc2cccc(N)c21. The number of nitrogen functional groups attached to an aromatic ring is 1. The van der Waals surface area contributed by atoms with E-state index in [1.807, 2.05) is 0 Å². The molecule has 0 spiro atoms. The first-order valence-electron chi connectivity index (χ1n) is 6.83. The highest BCUT2D eigenvalue weighted by atomic mass is 79.9. The average Bonchev–Trinajstić information content (AvgIpc) is 2.80. The van der Waals surface area contributed by atoms with Crippen molar-refractivity contribution in [3.63, 3.8) is 0 Å². The van der Waals surface area contributed by atoms with Gasteiger partial charge in [0.2, 0.25) is 9.84 Å². The number of sulfone groups is 1. The fraction of sp³-hybridized carbons (Fsp3) is 0.133. The molecule has 1 unspecified atom stereocenters. The number of aliphatic imine (C=N–C) groups is 1. The highest BCUT2D eigenvalue weighted by Crippen LogP contribution is 2.50. The number of anilines is 1. The van der Waals surface area contributed by atoms with Crippen LogP contribution in [-0.4, -0.2) is 18.4 Å². The fourth-order valence-corrected chi connectivity index (χ4v) is 5.60. The average molecular weight is 410 g/mol. The van der Waals surface area contributed by atoms with Gasteiger partial charge in [0, 0.05) is 17.3 Å². The molecule has 0 aliphatic carbocycles. The molecule has 0 saturated heterocycles. The molecule has 0 aromatic heterocycles. The summed E-state index contributed by atoms with van der Waals surface area (Å²) in [6.07, 6.45) is 0. The van der Waals surface area contributed by atoms with Crippen LogP contribution < -0.4 is 5.73 Å². The highest BCUT2D eigenvalue weighted by molar-refractivity contribution is 9.10. The van der Waals surface area contributed by atoms with Crippen molar-refractivity contribution >= 4 is 47.9 Å². The molecule has 1 aliphatic heterocycles. The third-order valence-corrected chi connectivity index (χ3v) is 6.74. The quantitative estimate of drug-likeness (QED) is 0.353. The van der Waals surface area contributed by atoms with Crippen LogP contribution in [0.2, 0.25) is 0 Å². The van der Waals surface area contributed by atoms with Crippen molar-refractivity contribution in [1.29, 1.82) is 0 Å². The van der Waals surface area contributed by atoms with E-state index in [9.17, 15) is 18.5 Å². The van der Waals surface area contributed by atoms with Gasteiger partial charge in [-0.15, -0.1) is 0 Å². The minimum Gasteiger partial charge on any atom is -0.398 e. The molecule has 7 nitrogen and oxygen atoms in total. The van der Waals surface area contributed by atoms with Gasteiger partial charge < -0.3 is 5.73 Å². The summed E-state index contributed by atoms with van der Waals surface area (Å²) < 4.78 is 24.9. The van der Waals surface area contributed by atoms with Crippen molar-refractivity contribution in [2.75, 3.05) is 5.73 Å². The summed E-state index contributed by atoms with van der Waals surface area (Å²) in [5.41, 5.74) is 6.81. The van der Waals surface area contributed by atoms with Crippen molar-refractivity contribution in [1.82, 2.24) is 0 Å². The second-order valence-electron chi connectivity index (χ2n) is 5.39. The monoisotopic (exact) mass is 409 g/mol. The van der Waals surface area contributed by atoms with Gasteiger partial charge in [-0.1, -0.05) is 34.1 Å². The van der Waals surface area contributed by atoms with E-state index in [4.69, 9.17) is 5.73 Å². The number of hydrogen-bond acceptors (Lipinski definition) is 6. The number of nitrogens with zero attached hydrogens (tertiary/aromatic N) is 2. The molecule has 0 bridgehead atoms. The second kappa shape index (κ2) is 5.38. The smallest absolute Gasteiger partial charge is 0.288 e. The van der Waals surface area contributed by atoms with Crippen molar-refractivity contribution in [3.05, 3.63) is 58.1 Å². The van der Waals surface area contributed by atoms with Crippen LogP contribution >= 0.6 is 15.9 Å². The number of fused-ring (bicyclic) bond motifs is 1. The van der Waals surface area contributed by atoms with E-state index in [2.05, 4.69) is 20.9 Å². The lowest BCUT2D eigenvalue weighted by Crippen LogP contribution is -2.30. The Kier molecular flexibility index (Phi) is 3.72. The topological polar surface area (TPSA) is 116 Å². The largest absolute Gasteiger partial charge is 0.398 e.